The first-order valence-electron chi connectivity index (χ1n) is 7.22. The van der Waals surface area contributed by atoms with Crippen molar-refractivity contribution in [3.05, 3.63) is 59.4 Å². The van der Waals surface area contributed by atoms with Crippen molar-refractivity contribution < 1.29 is 23.0 Å². The van der Waals surface area contributed by atoms with Gasteiger partial charge in [-0.25, -0.2) is 18.7 Å². The summed E-state index contributed by atoms with van der Waals surface area (Å²) in [7, 11) is 0. The Labute approximate surface area is 151 Å². The molecule has 0 aliphatic rings. The number of carbonyl (C=O) groups excluding carboxylic acids is 1. The normalized spacial score (nSPS) is 10.5. The summed E-state index contributed by atoms with van der Waals surface area (Å²) in [4.78, 5) is 22.6. The van der Waals surface area contributed by atoms with Crippen LogP contribution in [-0.4, -0.2) is 20.9 Å². The lowest BCUT2D eigenvalue weighted by atomic mass is 10.2. The number of carbonyl (C=O) groups is 1. The van der Waals surface area contributed by atoms with E-state index in [2.05, 4.69) is 15.0 Å². The van der Waals surface area contributed by atoms with Crippen molar-refractivity contribution in [1.82, 2.24) is 15.0 Å². The Morgan fingerprint density at radius 3 is 2.62 bits per heavy atom. The second-order valence-corrected chi connectivity index (χ2v) is 5.43. The standard InChI is InChI=1S/C17H10ClF2N3O3/c1-9(24)25-15-4-5-21-16(23-15)12-3-2-11(7-13(12)19)26-17-14(20)6-10(18)8-22-17/h2-8H,1H3. The molecule has 0 fully saturated rings. The molecule has 26 heavy (non-hydrogen) atoms. The molecule has 1 aromatic carbocycles. The predicted molar refractivity (Wildman–Crippen MR) is 88.0 cm³/mol. The molecule has 0 saturated carbocycles. The summed E-state index contributed by atoms with van der Waals surface area (Å²) in [6.45, 7) is 1.22. The van der Waals surface area contributed by atoms with Crippen LogP contribution in [0.15, 0.2) is 42.7 Å². The number of nitrogens with zero attached hydrogens (tertiary/aromatic N) is 3. The fourth-order valence-electron chi connectivity index (χ4n) is 2.01. The smallest absolute Gasteiger partial charge is 0.309 e. The molecular weight excluding hydrogens is 368 g/mol. The maximum atomic E-state index is 14.4. The summed E-state index contributed by atoms with van der Waals surface area (Å²) in [6, 6.07) is 6.19. The summed E-state index contributed by atoms with van der Waals surface area (Å²) >= 11 is 5.61. The monoisotopic (exact) mass is 377 g/mol. The molecule has 2 aromatic heterocycles. The van der Waals surface area contributed by atoms with Crippen LogP contribution in [-0.2, 0) is 4.79 Å². The van der Waals surface area contributed by atoms with E-state index in [1.54, 1.807) is 0 Å². The Morgan fingerprint density at radius 2 is 1.92 bits per heavy atom. The van der Waals surface area contributed by atoms with Crippen molar-refractivity contribution in [2.75, 3.05) is 0 Å². The third kappa shape index (κ3) is 4.09. The van der Waals surface area contributed by atoms with E-state index in [0.29, 0.717) is 0 Å². The van der Waals surface area contributed by atoms with E-state index < -0.39 is 17.6 Å². The number of esters is 1. The highest BCUT2D eigenvalue weighted by molar-refractivity contribution is 6.30. The minimum absolute atomic E-state index is 0.00494. The van der Waals surface area contributed by atoms with Crippen LogP contribution in [0.25, 0.3) is 11.4 Å². The molecule has 6 nitrogen and oxygen atoms in total. The van der Waals surface area contributed by atoms with Gasteiger partial charge in [-0.05, 0) is 18.2 Å². The molecule has 0 atom stereocenters. The van der Waals surface area contributed by atoms with Crippen LogP contribution in [0, 0.1) is 11.6 Å². The molecule has 0 N–H and O–H groups in total. The van der Waals surface area contributed by atoms with Gasteiger partial charge in [0.25, 0.3) is 5.88 Å². The molecular formula is C17H10ClF2N3O3. The number of halogens is 3. The molecule has 0 spiro atoms. The molecule has 0 aliphatic heterocycles. The molecule has 0 unspecified atom stereocenters. The zero-order valence-corrected chi connectivity index (χ0v) is 14.0. The average Bonchev–Trinajstić information content (AvgIpc) is 2.57. The topological polar surface area (TPSA) is 74.2 Å². The van der Waals surface area contributed by atoms with E-state index >= 15 is 0 Å². The van der Waals surface area contributed by atoms with Gasteiger partial charge in [0.2, 0.25) is 5.88 Å². The first kappa shape index (κ1) is 17.7. The molecule has 132 valence electrons. The summed E-state index contributed by atoms with van der Waals surface area (Å²) in [5, 5.41) is 0.112. The van der Waals surface area contributed by atoms with E-state index in [4.69, 9.17) is 21.1 Å². The van der Waals surface area contributed by atoms with Gasteiger partial charge in [-0.3, -0.25) is 4.79 Å². The van der Waals surface area contributed by atoms with Crippen LogP contribution >= 0.6 is 11.6 Å². The van der Waals surface area contributed by atoms with Crippen molar-refractivity contribution in [2.24, 2.45) is 0 Å². The number of hydrogen-bond acceptors (Lipinski definition) is 6. The molecule has 0 bridgehead atoms. The van der Waals surface area contributed by atoms with E-state index in [-0.39, 0.29) is 33.9 Å². The number of aromatic nitrogens is 3. The van der Waals surface area contributed by atoms with Gasteiger partial charge >= 0.3 is 5.97 Å². The quantitative estimate of drug-likeness (QED) is 0.635. The minimum atomic E-state index is -0.778. The Bertz CT molecular complexity index is 985. The third-order valence-electron chi connectivity index (χ3n) is 3.05. The zero-order chi connectivity index (χ0) is 18.7. The number of benzene rings is 1. The van der Waals surface area contributed by atoms with Gasteiger partial charge in [-0.2, -0.15) is 4.98 Å². The maximum absolute atomic E-state index is 14.4. The summed E-state index contributed by atoms with van der Waals surface area (Å²) in [6.07, 6.45) is 2.54. The van der Waals surface area contributed by atoms with Gasteiger partial charge in [0.05, 0.1) is 10.6 Å². The van der Waals surface area contributed by atoms with E-state index in [9.17, 15) is 13.6 Å². The Hall–Kier alpha value is -3.13. The van der Waals surface area contributed by atoms with Crippen LogP contribution in [0.3, 0.4) is 0 Å². The summed E-state index contributed by atoms with van der Waals surface area (Å²) < 4.78 is 38.2. The van der Waals surface area contributed by atoms with Crippen LogP contribution in [0.4, 0.5) is 8.78 Å². The lowest BCUT2D eigenvalue weighted by Crippen LogP contribution is -2.04. The van der Waals surface area contributed by atoms with E-state index in [1.165, 1.54) is 37.5 Å². The van der Waals surface area contributed by atoms with E-state index in [0.717, 1.165) is 12.1 Å². The predicted octanol–water partition coefficient (Wildman–Crippen LogP) is 4.19. The molecule has 0 aliphatic carbocycles. The zero-order valence-electron chi connectivity index (χ0n) is 13.2. The van der Waals surface area contributed by atoms with Gasteiger partial charge in [-0.1, -0.05) is 11.6 Å². The molecule has 2 heterocycles. The highest BCUT2D eigenvalue weighted by Crippen LogP contribution is 2.28. The van der Waals surface area contributed by atoms with Gasteiger partial charge in [-0.15, -0.1) is 0 Å². The number of ether oxygens (including phenoxy) is 2. The fourth-order valence-corrected chi connectivity index (χ4v) is 2.15. The number of hydrogen-bond donors (Lipinski definition) is 0. The highest BCUT2D eigenvalue weighted by Gasteiger charge is 2.13. The van der Waals surface area contributed by atoms with Gasteiger partial charge in [0, 0.05) is 31.5 Å². The molecule has 3 rings (SSSR count). The van der Waals surface area contributed by atoms with Crippen LogP contribution in [0.1, 0.15) is 6.92 Å². The maximum Gasteiger partial charge on any atom is 0.309 e. The first-order chi connectivity index (χ1) is 12.4. The fraction of sp³-hybridized carbons (Fsp3) is 0.0588. The summed E-state index contributed by atoms with van der Waals surface area (Å²) in [5.74, 6) is -2.35. The Morgan fingerprint density at radius 1 is 1.12 bits per heavy atom. The van der Waals surface area contributed by atoms with E-state index in [1.807, 2.05) is 0 Å². The van der Waals surface area contributed by atoms with Crippen molar-refractivity contribution in [1.29, 1.82) is 0 Å². The van der Waals surface area contributed by atoms with Crippen molar-refractivity contribution in [3.63, 3.8) is 0 Å². The van der Waals surface area contributed by atoms with Gasteiger partial charge < -0.3 is 9.47 Å². The van der Waals surface area contributed by atoms with Crippen molar-refractivity contribution in [2.45, 2.75) is 6.92 Å². The molecule has 0 amide bonds. The summed E-state index contributed by atoms with van der Waals surface area (Å²) in [5.41, 5.74) is 0.0517. The molecule has 3 aromatic rings. The lowest BCUT2D eigenvalue weighted by molar-refractivity contribution is -0.132. The third-order valence-corrected chi connectivity index (χ3v) is 3.26. The van der Waals surface area contributed by atoms with Crippen LogP contribution < -0.4 is 9.47 Å². The Balaban J connectivity index is 1.87. The molecule has 0 saturated heterocycles. The lowest BCUT2D eigenvalue weighted by Gasteiger charge is -2.08. The number of pyridine rings is 1. The number of rotatable bonds is 4. The Kier molecular flexibility index (Phi) is 5.04. The minimum Gasteiger partial charge on any atom is -0.436 e. The molecule has 0 radical (unpaired) electrons. The SMILES string of the molecule is CC(=O)Oc1ccnc(-c2ccc(Oc3ncc(Cl)cc3F)cc2F)n1. The van der Waals surface area contributed by atoms with Gasteiger partial charge in [0.1, 0.15) is 11.6 Å². The van der Waals surface area contributed by atoms with Gasteiger partial charge in [0.15, 0.2) is 11.6 Å². The second kappa shape index (κ2) is 7.40. The average molecular weight is 378 g/mol. The first-order valence-corrected chi connectivity index (χ1v) is 7.60. The largest absolute Gasteiger partial charge is 0.436 e. The van der Waals surface area contributed by atoms with Crippen molar-refractivity contribution in [3.8, 4) is 28.9 Å². The molecule has 9 heteroatoms. The van der Waals surface area contributed by atoms with Crippen LogP contribution in [0.2, 0.25) is 5.02 Å². The highest BCUT2D eigenvalue weighted by atomic mass is 35.5. The van der Waals surface area contributed by atoms with Crippen LogP contribution in [0.5, 0.6) is 17.5 Å². The van der Waals surface area contributed by atoms with Crippen molar-refractivity contribution >= 4 is 17.6 Å². The second-order valence-electron chi connectivity index (χ2n) is 5.00.